The summed E-state index contributed by atoms with van der Waals surface area (Å²) in [5.41, 5.74) is 2.28. The van der Waals surface area contributed by atoms with Crippen LogP contribution in [0.25, 0.3) is 22.3 Å². The molecule has 1 heterocycles. The molecule has 0 aliphatic rings. The molecule has 4 rings (SSSR count). The number of nitro benzene ring substituents is 1. The highest BCUT2D eigenvalue weighted by atomic mass is 16.6. The Morgan fingerprint density at radius 1 is 1.06 bits per heavy atom. The summed E-state index contributed by atoms with van der Waals surface area (Å²) in [6, 6.07) is 17.2. The average molecular weight is 417 g/mol. The van der Waals surface area contributed by atoms with Gasteiger partial charge in [-0.25, -0.2) is 4.98 Å². The maximum atomic E-state index is 12.4. The van der Waals surface area contributed by atoms with Crippen LogP contribution in [0.15, 0.2) is 65.5 Å². The lowest BCUT2D eigenvalue weighted by Gasteiger charge is -2.13. The van der Waals surface area contributed by atoms with Crippen molar-refractivity contribution in [1.82, 2.24) is 9.97 Å². The Morgan fingerprint density at radius 3 is 2.65 bits per heavy atom. The lowest BCUT2D eigenvalue weighted by atomic mass is 10.1. The van der Waals surface area contributed by atoms with Crippen molar-refractivity contribution in [3.05, 3.63) is 92.3 Å². The summed E-state index contributed by atoms with van der Waals surface area (Å²) in [5, 5.41) is 11.8. The van der Waals surface area contributed by atoms with Crippen LogP contribution in [0.4, 0.5) is 5.69 Å². The van der Waals surface area contributed by atoms with E-state index >= 15 is 0 Å². The van der Waals surface area contributed by atoms with E-state index in [4.69, 9.17) is 9.47 Å². The van der Waals surface area contributed by atoms with Crippen LogP contribution in [-0.4, -0.2) is 22.0 Å². The van der Waals surface area contributed by atoms with Crippen molar-refractivity contribution in [3.63, 3.8) is 0 Å². The number of rotatable bonds is 6. The highest BCUT2D eigenvalue weighted by Gasteiger charge is 2.16. The number of H-pyrrole nitrogens is 1. The second kappa shape index (κ2) is 8.27. The Morgan fingerprint density at radius 2 is 1.87 bits per heavy atom. The van der Waals surface area contributed by atoms with Gasteiger partial charge in [0.1, 0.15) is 12.4 Å². The Labute approximate surface area is 177 Å². The van der Waals surface area contributed by atoms with Crippen molar-refractivity contribution < 1.29 is 14.4 Å². The summed E-state index contributed by atoms with van der Waals surface area (Å²) < 4.78 is 11.2. The molecule has 3 aromatic carbocycles. The van der Waals surface area contributed by atoms with Gasteiger partial charge >= 0.3 is 0 Å². The quantitative estimate of drug-likeness (QED) is 0.368. The number of para-hydroxylation sites is 1. The fourth-order valence-electron chi connectivity index (χ4n) is 3.28. The van der Waals surface area contributed by atoms with Crippen molar-refractivity contribution >= 4 is 16.6 Å². The van der Waals surface area contributed by atoms with Gasteiger partial charge in [-0.2, -0.15) is 0 Å². The number of methoxy groups -OCH3 is 1. The molecule has 0 radical (unpaired) electrons. The molecule has 0 unspecified atom stereocenters. The molecule has 31 heavy (non-hydrogen) atoms. The number of hydrogen-bond donors (Lipinski definition) is 1. The molecule has 4 aromatic rings. The van der Waals surface area contributed by atoms with E-state index in [1.54, 1.807) is 55.5 Å². The number of nitrogens with one attached hydrogen (secondary N) is 1. The fraction of sp³-hybridized carbons (Fsp3) is 0.130. The zero-order valence-corrected chi connectivity index (χ0v) is 16.9. The molecule has 1 N–H and O–H groups in total. The molecular weight excluding hydrogens is 398 g/mol. The van der Waals surface area contributed by atoms with Gasteiger partial charge < -0.3 is 14.5 Å². The zero-order chi connectivity index (χ0) is 22.0. The number of benzene rings is 3. The maximum Gasteiger partial charge on any atom is 0.276 e. The Balaban J connectivity index is 1.64. The predicted octanol–water partition coefficient (Wildman–Crippen LogP) is 4.39. The van der Waals surface area contributed by atoms with E-state index < -0.39 is 4.92 Å². The first kappa shape index (κ1) is 20.1. The number of aryl methyl sites for hydroxylation is 1. The molecule has 0 bridgehead atoms. The lowest BCUT2D eigenvalue weighted by molar-refractivity contribution is -0.385. The number of nitrogens with zero attached hydrogens (tertiary/aromatic N) is 2. The van der Waals surface area contributed by atoms with E-state index in [9.17, 15) is 14.9 Å². The van der Waals surface area contributed by atoms with Crippen LogP contribution in [0.3, 0.4) is 0 Å². The predicted molar refractivity (Wildman–Crippen MR) is 117 cm³/mol. The van der Waals surface area contributed by atoms with Crippen LogP contribution in [0.5, 0.6) is 11.5 Å². The first-order valence-corrected chi connectivity index (χ1v) is 9.50. The molecule has 0 amide bonds. The largest absolute Gasteiger partial charge is 0.493 e. The smallest absolute Gasteiger partial charge is 0.276 e. The molecule has 0 atom stereocenters. The Kier molecular flexibility index (Phi) is 5.36. The van der Waals surface area contributed by atoms with E-state index in [-0.39, 0.29) is 17.9 Å². The van der Waals surface area contributed by atoms with Crippen LogP contribution < -0.4 is 15.0 Å². The van der Waals surface area contributed by atoms with Crippen LogP contribution in [0.1, 0.15) is 11.1 Å². The highest BCUT2D eigenvalue weighted by molar-refractivity contribution is 5.79. The number of aromatic amines is 1. The summed E-state index contributed by atoms with van der Waals surface area (Å²) in [7, 11) is 1.50. The van der Waals surface area contributed by atoms with Crippen LogP contribution in [0.2, 0.25) is 0 Å². The summed E-state index contributed by atoms with van der Waals surface area (Å²) in [4.78, 5) is 30.6. The van der Waals surface area contributed by atoms with Gasteiger partial charge in [0.15, 0.2) is 11.5 Å². The van der Waals surface area contributed by atoms with E-state index in [0.717, 1.165) is 5.56 Å². The third kappa shape index (κ3) is 4.09. The summed E-state index contributed by atoms with van der Waals surface area (Å²) in [6.45, 7) is 1.81. The van der Waals surface area contributed by atoms with Crippen LogP contribution in [-0.2, 0) is 6.61 Å². The van der Waals surface area contributed by atoms with Gasteiger partial charge in [-0.15, -0.1) is 0 Å². The van der Waals surface area contributed by atoms with Crippen LogP contribution >= 0.6 is 0 Å². The minimum atomic E-state index is -0.423. The van der Waals surface area contributed by atoms with Gasteiger partial charge in [0, 0.05) is 11.6 Å². The number of nitro groups is 1. The molecule has 0 spiro atoms. The van der Waals surface area contributed by atoms with Crippen molar-refractivity contribution in [2.24, 2.45) is 0 Å². The number of fused-ring (bicyclic) bond motifs is 1. The standard InChI is InChI=1S/C23H19N3O5/c1-14-7-8-16(19(11-14)26(28)29)13-31-20-10-9-15(12-21(20)30-2)22-24-18-6-4-3-5-17(18)23(27)25-22/h3-12H,13H2,1-2H3,(H,24,25,27). The molecule has 1 aromatic heterocycles. The SMILES string of the molecule is COc1cc(-c2nc3ccccc3c(=O)[nH]2)ccc1OCc1ccc(C)cc1[N+](=O)[O-]. The number of hydrogen-bond acceptors (Lipinski definition) is 6. The molecule has 8 nitrogen and oxygen atoms in total. The summed E-state index contributed by atoms with van der Waals surface area (Å²) >= 11 is 0. The molecule has 0 saturated heterocycles. The summed E-state index contributed by atoms with van der Waals surface area (Å²) in [6.07, 6.45) is 0. The normalized spacial score (nSPS) is 10.8. The third-order valence-corrected chi connectivity index (χ3v) is 4.87. The summed E-state index contributed by atoms with van der Waals surface area (Å²) in [5.74, 6) is 1.25. The molecule has 0 aliphatic heterocycles. The van der Waals surface area contributed by atoms with E-state index in [0.29, 0.717) is 39.4 Å². The van der Waals surface area contributed by atoms with Crippen molar-refractivity contribution in [3.8, 4) is 22.9 Å². The van der Waals surface area contributed by atoms with E-state index in [1.807, 2.05) is 6.07 Å². The van der Waals surface area contributed by atoms with Gasteiger partial charge in [0.25, 0.3) is 11.2 Å². The number of aromatic nitrogens is 2. The highest BCUT2D eigenvalue weighted by Crippen LogP contribution is 2.33. The van der Waals surface area contributed by atoms with Crippen LogP contribution in [0, 0.1) is 17.0 Å². The molecule has 0 aliphatic carbocycles. The molecule has 156 valence electrons. The van der Waals surface area contributed by atoms with Gasteiger partial charge in [-0.1, -0.05) is 18.2 Å². The second-order valence-corrected chi connectivity index (χ2v) is 6.98. The van der Waals surface area contributed by atoms with Gasteiger partial charge in [0.2, 0.25) is 0 Å². The lowest BCUT2D eigenvalue weighted by Crippen LogP contribution is -2.09. The van der Waals surface area contributed by atoms with Gasteiger partial charge in [-0.3, -0.25) is 14.9 Å². The molecule has 0 saturated carbocycles. The first-order valence-electron chi connectivity index (χ1n) is 9.50. The zero-order valence-electron chi connectivity index (χ0n) is 16.9. The number of ether oxygens (including phenoxy) is 2. The van der Waals surface area contributed by atoms with Gasteiger partial charge in [0.05, 0.1) is 28.5 Å². The third-order valence-electron chi connectivity index (χ3n) is 4.87. The minimum Gasteiger partial charge on any atom is -0.493 e. The van der Waals surface area contributed by atoms with Crippen molar-refractivity contribution in [2.75, 3.05) is 7.11 Å². The maximum absolute atomic E-state index is 12.4. The van der Waals surface area contributed by atoms with E-state index in [2.05, 4.69) is 9.97 Å². The fourth-order valence-corrected chi connectivity index (χ4v) is 3.28. The monoisotopic (exact) mass is 417 g/mol. The average Bonchev–Trinajstić information content (AvgIpc) is 2.78. The minimum absolute atomic E-state index is 0.00789. The van der Waals surface area contributed by atoms with Crippen molar-refractivity contribution in [1.29, 1.82) is 0 Å². The Hall–Kier alpha value is -4.20. The van der Waals surface area contributed by atoms with E-state index in [1.165, 1.54) is 13.2 Å². The molecule has 8 heteroatoms. The second-order valence-electron chi connectivity index (χ2n) is 6.98. The Bertz CT molecular complexity index is 1350. The molecular formula is C23H19N3O5. The molecule has 0 fully saturated rings. The first-order chi connectivity index (χ1) is 15.0. The van der Waals surface area contributed by atoms with Gasteiger partial charge in [-0.05, 0) is 48.9 Å². The topological polar surface area (TPSA) is 107 Å². The van der Waals surface area contributed by atoms with Crippen molar-refractivity contribution in [2.45, 2.75) is 13.5 Å².